The molecule has 0 atom stereocenters. The molecule has 0 aliphatic carbocycles. The summed E-state index contributed by atoms with van der Waals surface area (Å²) in [7, 11) is 0. The summed E-state index contributed by atoms with van der Waals surface area (Å²) in [6.45, 7) is 4.95. The number of nitrogens with zero attached hydrogens (tertiary/aromatic N) is 3. The maximum absolute atomic E-state index is 13.0. The van der Waals surface area contributed by atoms with Gasteiger partial charge in [-0.25, -0.2) is 4.39 Å². The van der Waals surface area contributed by atoms with Crippen LogP contribution in [0.1, 0.15) is 11.1 Å². The molecule has 28 heavy (non-hydrogen) atoms. The van der Waals surface area contributed by atoms with Crippen LogP contribution in [0.15, 0.2) is 54.6 Å². The van der Waals surface area contributed by atoms with Gasteiger partial charge in [0.05, 0.1) is 11.6 Å². The van der Waals surface area contributed by atoms with Gasteiger partial charge in [-0.1, -0.05) is 12.1 Å². The molecule has 3 rings (SSSR count). The monoisotopic (exact) mass is 378 g/mol. The normalized spacial score (nSPS) is 14.8. The molecule has 1 saturated heterocycles. The molecule has 0 bridgehead atoms. The average molecular weight is 378 g/mol. The Kier molecular flexibility index (Phi) is 6.77. The highest BCUT2D eigenvalue weighted by Crippen LogP contribution is 2.16. The predicted octanol–water partition coefficient (Wildman–Crippen LogP) is 2.65. The van der Waals surface area contributed by atoms with E-state index >= 15 is 0 Å². The highest BCUT2D eigenvalue weighted by molar-refractivity contribution is 5.91. The van der Waals surface area contributed by atoms with Crippen molar-refractivity contribution in [2.24, 2.45) is 0 Å². The second-order valence-corrected chi connectivity index (χ2v) is 6.67. The quantitative estimate of drug-likeness (QED) is 0.785. The lowest BCUT2D eigenvalue weighted by atomic mass is 10.1. The fourth-order valence-electron chi connectivity index (χ4n) is 3.16. The molecule has 2 aromatic rings. The number of piperazine rings is 1. The van der Waals surface area contributed by atoms with Gasteiger partial charge in [0.2, 0.25) is 5.91 Å². The molecule has 0 saturated carbocycles. The summed E-state index contributed by atoms with van der Waals surface area (Å²) in [6, 6.07) is 15.8. The topological polar surface area (TPSA) is 59.4 Å². The third-order valence-electron chi connectivity index (χ3n) is 4.73. The summed E-state index contributed by atoms with van der Waals surface area (Å²) in [5.74, 6) is -0.364. The summed E-state index contributed by atoms with van der Waals surface area (Å²) in [4.78, 5) is 16.5. The zero-order chi connectivity index (χ0) is 19.8. The highest BCUT2D eigenvalue weighted by Gasteiger charge is 2.16. The molecule has 1 amide bonds. The van der Waals surface area contributed by atoms with Crippen LogP contribution in [0.25, 0.3) is 6.08 Å². The standard InChI is InChI=1S/C22H23FN4O/c23-20-5-7-21(8-6-20)27-14-12-26(13-15-27)11-10-25-22(28)9-4-18-2-1-3-19(16-18)17-24/h1-9,16H,10-15H2,(H,25,28)/b9-4-. The molecular weight excluding hydrogens is 355 g/mol. The molecule has 1 N–H and O–H groups in total. The lowest BCUT2D eigenvalue weighted by Gasteiger charge is -2.36. The molecule has 0 aromatic heterocycles. The van der Waals surface area contributed by atoms with Gasteiger partial charge in [-0.2, -0.15) is 5.26 Å². The van der Waals surface area contributed by atoms with Crippen molar-refractivity contribution in [2.75, 3.05) is 44.2 Å². The van der Waals surface area contributed by atoms with Crippen LogP contribution in [-0.2, 0) is 4.79 Å². The molecule has 0 radical (unpaired) electrons. The van der Waals surface area contributed by atoms with Crippen LogP contribution < -0.4 is 10.2 Å². The number of nitrogens with one attached hydrogen (secondary N) is 1. The summed E-state index contributed by atoms with van der Waals surface area (Å²) in [6.07, 6.45) is 3.20. The summed E-state index contributed by atoms with van der Waals surface area (Å²) < 4.78 is 13.0. The molecule has 1 heterocycles. The van der Waals surface area contributed by atoms with Crippen molar-refractivity contribution in [2.45, 2.75) is 0 Å². The van der Waals surface area contributed by atoms with Crippen LogP contribution in [0.2, 0.25) is 0 Å². The zero-order valence-electron chi connectivity index (χ0n) is 15.6. The lowest BCUT2D eigenvalue weighted by Crippen LogP contribution is -2.48. The van der Waals surface area contributed by atoms with Crippen molar-refractivity contribution in [3.8, 4) is 6.07 Å². The van der Waals surface area contributed by atoms with Crippen molar-refractivity contribution in [3.05, 3.63) is 71.6 Å². The van der Waals surface area contributed by atoms with Gasteiger partial charge in [-0.05, 0) is 48.0 Å². The Bertz CT molecular complexity index is 865. The first-order chi connectivity index (χ1) is 13.6. The number of rotatable bonds is 6. The van der Waals surface area contributed by atoms with E-state index in [-0.39, 0.29) is 11.7 Å². The third-order valence-corrected chi connectivity index (χ3v) is 4.73. The Hall–Kier alpha value is -3.17. The second kappa shape index (κ2) is 9.67. The Labute approximate surface area is 164 Å². The van der Waals surface area contributed by atoms with E-state index in [1.165, 1.54) is 18.2 Å². The van der Waals surface area contributed by atoms with E-state index in [1.54, 1.807) is 24.3 Å². The number of benzene rings is 2. The van der Waals surface area contributed by atoms with E-state index in [2.05, 4.69) is 21.2 Å². The van der Waals surface area contributed by atoms with Crippen molar-refractivity contribution in [3.63, 3.8) is 0 Å². The minimum absolute atomic E-state index is 0.146. The van der Waals surface area contributed by atoms with E-state index in [0.29, 0.717) is 12.1 Å². The van der Waals surface area contributed by atoms with Gasteiger partial charge in [-0.15, -0.1) is 0 Å². The van der Waals surface area contributed by atoms with Gasteiger partial charge < -0.3 is 10.2 Å². The van der Waals surface area contributed by atoms with Gasteiger partial charge in [0.1, 0.15) is 5.82 Å². The Morgan fingerprint density at radius 3 is 2.61 bits per heavy atom. The van der Waals surface area contributed by atoms with Crippen LogP contribution in [0.4, 0.5) is 10.1 Å². The maximum Gasteiger partial charge on any atom is 0.244 e. The number of anilines is 1. The van der Waals surface area contributed by atoms with E-state index in [0.717, 1.165) is 44.0 Å². The molecule has 1 aliphatic rings. The summed E-state index contributed by atoms with van der Waals surface area (Å²) in [5, 5.41) is 11.8. The number of halogens is 1. The molecule has 6 heteroatoms. The molecule has 1 aliphatic heterocycles. The molecule has 5 nitrogen and oxygen atoms in total. The Morgan fingerprint density at radius 2 is 1.89 bits per heavy atom. The largest absolute Gasteiger partial charge is 0.369 e. The molecular formula is C22H23FN4O. The van der Waals surface area contributed by atoms with E-state index < -0.39 is 0 Å². The summed E-state index contributed by atoms with van der Waals surface area (Å²) in [5.41, 5.74) is 2.44. The number of nitriles is 1. The van der Waals surface area contributed by atoms with Crippen LogP contribution in [-0.4, -0.2) is 50.1 Å². The number of hydrogen-bond donors (Lipinski definition) is 1. The van der Waals surface area contributed by atoms with E-state index in [9.17, 15) is 9.18 Å². The number of hydrogen-bond acceptors (Lipinski definition) is 4. The summed E-state index contributed by atoms with van der Waals surface area (Å²) >= 11 is 0. The van der Waals surface area contributed by atoms with Crippen LogP contribution in [0.3, 0.4) is 0 Å². The van der Waals surface area contributed by atoms with Crippen molar-refractivity contribution >= 4 is 17.7 Å². The first-order valence-electron chi connectivity index (χ1n) is 9.33. The predicted molar refractivity (Wildman–Crippen MR) is 108 cm³/mol. The maximum atomic E-state index is 13.0. The van der Waals surface area contributed by atoms with Gasteiger partial charge in [0.25, 0.3) is 0 Å². The molecule has 0 spiro atoms. The molecule has 1 fully saturated rings. The number of carbonyl (C=O) groups is 1. The van der Waals surface area contributed by atoms with Crippen molar-refractivity contribution in [1.29, 1.82) is 5.26 Å². The van der Waals surface area contributed by atoms with Gasteiger partial charge in [-0.3, -0.25) is 9.69 Å². The van der Waals surface area contributed by atoms with Crippen LogP contribution >= 0.6 is 0 Å². The minimum Gasteiger partial charge on any atom is -0.369 e. The second-order valence-electron chi connectivity index (χ2n) is 6.67. The minimum atomic E-state index is -0.218. The molecule has 2 aromatic carbocycles. The molecule has 144 valence electrons. The van der Waals surface area contributed by atoms with Crippen molar-refractivity contribution < 1.29 is 9.18 Å². The van der Waals surface area contributed by atoms with Gasteiger partial charge in [0, 0.05) is 51.0 Å². The lowest BCUT2D eigenvalue weighted by molar-refractivity contribution is -0.116. The fourth-order valence-corrected chi connectivity index (χ4v) is 3.16. The van der Waals surface area contributed by atoms with Crippen LogP contribution in [0, 0.1) is 17.1 Å². The van der Waals surface area contributed by atoms with Gasteiger partial charge >= 0.3 is 0 Å². The average Bonchev–Trinajstić information content (AvgIpc) is 2.73. The molecule has 0 unspecified atom stereocenters. The highest BCUT2D eigenvalue weighted by atomic mass is 19.1. The Balaban J connectivity index is 1.37. The number of carbonyl (C=O) groups excluding carboxylic acids is 1. The fraction of sp³-hybridized carbons (Fsp3) is 0.273. The number of amides is 1. The first kappa shape index (κ1) is 19.6. The SMILES string of the molecule is N#Cc1cccc(/C=C\C(=O)NCCN2CCN(c3ccc(F)cc3)CC2)c1. The van der Waals surface area contributed by atoms with E-state index in [1.807, 2.05) is 18.2 Å². The van der Waals surface area contributed by atoms with Crippen LogP contribution in [0.5, 0.6) is 0 Å². The zero-order valence-corrected chi connectivity index (χ0v) is 15.6. The van der Waals surface area contributed by atoms with Gasteiger partial charge in [0.15, 0.2) is 0 Å². The third kappa shape index (κ3) is 5.66. The first-order valence-corrected chi connectivity index (χ1v) is 9.33. The van der Waals surface area contributed by atoms with E-state index in [4.69, 9.17) is 5.26 Å². The smallest absolute Gasteiger partial charge is 0.244 e. The Morgan fingerprint density at radius 1 is 1.14 bits per heavy atom. The van der Waals surface area contributed by atoms with Crippen molar-refractivity contribution in [1.82, 2.24) is 10.2 Å².